The highest BCUT2D eigenvalue weighted by molar-refractivity contribution is 7.09. The molecule has 4 N–H and O–H groups in total. The van der Waals surface area contributed by atoms with Gasteiger partial charge in [0.05, 0.1) is 5.54 Å². The number of hydrogen-bond donors (Lipinski definition) is 3. The van der Waals surface area contributed by atoms with E-state index in [0.29, 0.717) is 12.3 Å². The van der Waals surface area contributed by atoms with E-state index < -0.39 is 0 Å². The second kappa shape index (κ2) is 6.56. The van der Waals surface area contributed by atoms with Gasteiger partial charge >= 0.3 is 0 Å². The van der Waals surface area contributed by atoms with Crippen molar-refractivity contribution < 1.29 is 5.21 Å². The Labute approximate surface area is 106 Å². The predicted octanol–water partition coefficient (Wildman–Crippen LogP) is 1.88. The van der Waals surface area contributed by atoms with E-state index in [1.165, 1.54) is 0 Å². The molecule has 0 aliphatic carbocycles. The second-order valence-electron chi connectivity index (χ2n) is 4.44. The molecule has 0 aliphatic heterocycles. The van der Waals surface area contributed by atoms with Gasteiger partial charge in [-0.25, -0.2) is 4.98 Å². The van der Waals surface area contributed by atoms with Gasteiger partial charge in [0.1, 0.15) is 10.8 Å². The summed E-state index contributed by atoms with van der Waals surface area (Å²) in [4.78, 5) is 4.31. The summed E-state index contributed by atoms with van der Waals surface area (Å²) in [6.45, 7) is 5.13. The zero-order chi connectivity index (χ0) is 12.7. The summed E-state index contributed by atoms with van der Waals surface area (Å²) in [5.74, 6) is 0.296. The molecule has 0 spiro atoms. The van der Waals surface area contributed by atoms with Gasteiger partial charge in [0.15, 0.2) is 0 Å². The zero-order valence-electron chi connectivity index (χ0n) is 10.3. The molecule has 0 bridgehead atoms. The first-order chi connectivity index (χ1) is 8.06. The molecular weight excluding hydrogens is 236 g/mol. The molecule has 5 nitrogen and oxygen atoms in total. The van der Waals surface area contributed by atoms with Gasteiger partial charge in [0.2, 0.25) is 0 Å². The summed E-state index contributed by atoms with van der Waals surface area (Å²) in [7, 11) is 0. The minimum Gasteiger partial charge on any atom is -0.409 e. The van der Waals surface area contributed by atoms with Gasteiger partial charge in [-0.2, -0.15) is 0 Å². The van der Waals surface area contributed by atoms with Crippen molar-refractivity contribution in [3.8, 4) is 0 Å². The van der Waals surface area contributed by atoms with Crippen molar-refractivity contribution in [1.82, 2.24) is 10.3 Å². The molecule has 1 aromatic rings. The quantitative estimate of drug-likeness (QED) is 0.229. The Bertz CT molecular complexity index is 348. The Kier molecular flexibility index (Phi) is 5.37. The van der Waals surface area contributed by atoms with Crippen molar-refractivity contribution in [2.24, 2.45) is 10.9 Å². The number of amidine groups is 1. The fourth-order valence-corrected chi connectivity index (χ4v) is 2.23. The van der Waals surface area contributed by atoms with E-state index in [2.05, 4.69) is 29.3 Å². The molecule has 1 rings (SSSR count). The average Bonchev–Trinajstić information content (AvgIpc) is 2.82. The lowest BCUT2D eigenvalue weighted by atomic mass is 10.1. The van der Waals surface area contributed by atoms with Gasteiger partial charge in [-0.05, 0) is 33.2 Å². The number of nitrogens with zero attached hydrogens (tertiary/aromatic N) is 2. The molecule has 0 saturated carbocycles. The Morgan fingerprint density at radius 3 is 2.94 bits per heavy atom. The van der Waals surface area contributed by atoms with E-state index in [4.69, 9.17) is 10.9 Å². The molecule has 0 radical (unpaired) electrons. The van der Waals surface area contributed by atoms with Crippen molar-refractivity contribution in [2.45, 2.75) is 38.6 Å². The second-order valence-corrected chi connectivity index (χ2v) is 5.33. The van der Waals surface area contributed by atoms with Crippen LogP contribution in [0.1, 0.15) is 38.1 Å². The van der Waals surface area contributed by atoms with Crippen molar-refractivity contribution >= 4 is 17.2 Å². The number of rotatable bonds is 7. The normalized spacial score (nSPS) is 12.9. The predicted molar refractivity (Wildman–Crippen MR) is 70.4 cm³/mol. The maximum absolute atomic E-state index is 8.39. The SMILES string of the molecule is CC(C)(NCCCC/C(N)=N/O)c1nccs1. The maximum Gasteiger partial charge on any atom is 0.139 e. The van der Waals surface area contributed by atoms with Crippen LogP contribution < -0.4 is 11.1 Å². The molecule has 0 saturated heterocycles. The van der Waals surface area contributed by atoms with E-state index in [9.17, 15) is 0 Å². The van der Waals surface area contributed by atoms with Crippen LogP contribution >= 0.6 is 11.3 Å². The van der Waals surface area contributed by atoms with Crippen LogP contribution in [0.4, 0.5) is 0 Å². The summed E-state index contributed by atoms with van der Waals surface area (Å²) in [6, 6.07) is 0. The number of nitrogens with two attached hydrogens (primary N) is 1. The summed E-state index contributed by atoms with van der Waals surface area (Å²) >= 11 is 1.66. The first-order valence-corrected chi connectivity index (χ1v) is 6.55. The van der Waals surface area contributed by atoms with Gasteiger partial charge in [-0.3, -0.25) is 0 Å². The van der Waals surface area contributed by atoms with Crippen LogP contribution in [-0.4, -0.2) is 22.6 Å². The van der Waals surface area contributed by atoms with Gasteiger partial charge in [0, 0.05) is 18.0 Å². The lowest BCUT2D eigenvalue weighted by Crippen LogP contribution is -2.37. The summed E-state index contributed by atoms with van der Waals surface area (Å²) < 4.78 is 0. The van der Waals surface area contributed by atoms with Gasteiger partial charge in [-0.15, -0.1) is 11.3 Å². The van der Waals surface area contributed by atoms with E-state index in [0.717, 1.165) is 24.4 Å². The monoisotopic (exact) mass is 256 g/mol. The minimum atomic E-state index is -0.0925. The first kappa shape index (κ1) is 13.9. The molecule has 1 aromatic heterocycles. The molecule has 0 amide bonds. The number of nitrogens with one attached hydrogen (secondary N) is 1. The van der Waals surface area contributed by atoms with Crippen LogP contribution in [0.3, 0.4) is 0 Å². The van der Waals surface area contributed by atoms with Crippen LogP contribution in [0, 0.1) is 0 Å². The molecule has 6 heteroatoms. The van der Waals surface area contributed by atoms with Gasteiger partial charge in [0.25, 0.3) is 0 Å². The zero-order valence-corrected chi connectivity index (χ0v) is 11.1. The molecule has 0 unspecified atom stereocenters. The third-order valence-corrected chi connectivity index (χ3v) is 3.62. The summed E-state index contributed by atoms with van der Waals surface area (Å²) in [5, 5.41) is 17.9. The fraction of sp³-hybridized carbons (Fsp3) is 0.636. The average molecular weight is 256 g/mol. The van der Waals surface area contributed by atoms with Crippen molar-refractivity contribution in [3.63, 3.8) is 0 Å². The Morgan fingerprint density at radius 2 is 2.35 bits per heavy atom. The molecule has 1 heterocycles. The molecule has 17 heavy (non-hydrogen) atoms. The maximum atomic E-state index is 8.39. The third-order valence-electron chi connectivity index (χ3n) is 2.52. The van der Waals surface area contributed by atoms with E-state index in [-0.39, 0.29) is 5.54 Å². The molecule has 0 aromatic carbocycles. The summed E-state index contributed by atoms with van der Waals surface area (Å²) in [5.41, 5.74) is 5.30. The number of unbranched alkanes of at least 4 members (excludes halogenated alkanes) is 1. The van der Waals surface area contributed by atoms with Crippen LogP contribution in [0.15, 0.2) is 16.7 Å². The number of oxime groups is 1. The van der Waals surface area contributed by atoms with Crippen LogP contribution in [0.5, 0.6) is 0 Å². The first-order valence-electron chi connectivity index (χ1n) is 5.67. The molecule has 0 atom stereocenters. The lowest BCUT2D eigenvalue weighted by Gasteiger charge is -2.23. The highest BCUT2D eigenvalue weighted by atomic mass is 32.1. The van der Waals surface area contributed by atoms with Crippen molar-refractivity contribution in [2.75, 3.05) is 6.54 Å². The smallest absolute Gasteiger partial charge is 0.139 e. The van der Waals surface area contributed by atoms with Crippen molar-refractivity contribution in [3.05, 3.63) is 16.6 Å². The Balaban J connectivity index is 2.22. The summed E-state index contributed by atoms with van der Waals surface area (Å²) in [6.07, 6.45) is 4.36. The number of hydrogen-bond acceptors (Lipinski definition) is 5. The van der Waals surface area contributed by atoms with Crippen LogP contribution in [-0.2, 0) is 5.54 Å². The minimum absolute atomic E-state index is 0.0925. The molecule has 96 valence electrons. The van der Waals surface area contributed by atoms with E-state index in [1.54, 1.807) is 11.3 Å². The van der Waals surface area contributed by atoms with E-state index in [1.807, 2.05) is 11.6 Å². The molecule has 0 aliphatic rings. The van der Waals surface area contributed by atoms with Gasteiger partial charge in [-0.1, -0.05) is 5.16 Å². The standard InChI is InChI=1S/C11H20N4OS/c1-11(2,10-13-7-8-17-10)14-6-4-3-5-9(12)15-16/h7-8,14,16H,3-6H2,1-2H3,(H2,12,15). The Hall–Kier alpha value is -1.14. The largest absolute Gasteiger partial charge is 0.409 e. The fourth-order valence-electron chi connectivity index (χ4n) is 1.49. The molecule has 0 fully saturated rings. The number of thiazole rings is 1. The highest BCUT2D eigenvalue weighted by Gasteiger charge is 2.21. The van der Waals surface area contributed by atoms with Crippen LogP contribution in [0.2, 0.25) is 0 Å². The third kappa shape index (κ3) is 4.70. The van der Waals surface area contributed by atoms with Crippen LogP contribution in [0.25, 0.3) is 0 Å². The van der Waals surface area contributed by atoms with Crippen molar-refractivity contribution in [1.29, 1.82) is 0 Å². The number of aromatic nitrogens is 1. The van der Waals surface area contributed by atoms with E-state index >= 15 is 0 Å². The topological polar surface area (TPSA) is 83.5 Å². The lowest BCUT2D eigenvalue weighted by molar-refractivity contribution is 0.316. The highest BCUT2D eigenvalue weighted by Crippen LogP contribution is 2.21. The molecular formula is C11H20N4OS. The Morgan fingerprint density at radius 1 is 1.59 bits per heavy atom. The van der Waals surface area contributed by atoms with Gasteiger partial charge < -0.3 is 16.3 Å².